The summed E-state index contributed by atoms with van der Waals surface area (Å²) in [5, 5.41) is 9.01. The molecular weight excluding hydrogens is 590 g/mol. The Morgan fingerprint density at radius 1 is 0.911 bits per heavy atom. The number of sulfone groups is 1. The molecule has 10 heteroatoms. The average molecular weight is 626 g/mol. The predicted molar refractivity (Wildman–Crippen MR) is 172 cm³/mol. The van der Waals surface area contributed by atoms with Crippen LogP contribution in [-0.4, -0.2) is 55.9 Å². The minimum atomic E-state index is -3.71. The number of benzene rings is 4. The van der Waals surface area contributed by atoms with E-state index in [4.69, 9.17) is 19.6 Å². The predicted octanol–water partition coefficient (Wildman–Crippen LogP) is 4.61. The summed E-state index contributed by atoms with van der Waals surface area (Å²) in [7, 11) is -3.71. The minimum absolute atomic E-state index is 0.0411. The van der Waals surface area contributed by atoms with Crippen molar-refractivity contribution in [1.29, 1.82) is 0 Å². The molecule has 0 bridgehead atoms. The van der Waals surface area contributed by atoms with E-state index in [-0.39, 0.29) is 35.6 Å². The summed E-state index contributed by atoms with van der Waals surface area (Å²) >= 11 is 0. The lowest BCUT2D eigenvalue weighted by molar-refractivity contribution is -0.129. The molecule has 0 radical (unpaired) electrons. The fourth-order valence-corrected chi connectivity index (χ4v) is 7.23. The van der Waals surface area contributed by atoms with Crippen molar-refractivity contribution in [2.24, 2.45) is 4.99 Å². The van der Waals surface area contributed by atoms with Crippen molar-refractivity contribution in [3.05, 3.63) is 120 Å². The van der Waals surface area contributed by atoms with Gasteiger partial charge in [-0.05, 0) is 72.0 Å². The number of amides is 1. The molecule has 0 fully saturated rings. The maximum absolute atomic E-state index is 14.2. The Balaban J connectivity index is 1.28. The summed E-state index contributed by atoms with van der Waals surface area (Å²) in [5.74, 6) is 0.0761. The molecule has 1 amide bonds. The molecule has 1 aliphatic carbocycles. The van der Waals surface area contributed by atoms with Crippen molar-refractivity contribution in [1.82, 2.24) is 10.9 Å². The number of carbonyl (C=O) groups excluding carboxylic acids is 1. The quantitative estimate of drug-likeness (QED) is 0.155. The van der Waals surface area contributed by atoms with Crippen LogP contribution in [-0.2, 0) is 19.4 Å². The highest BCUT2D eigenvalue weighted by molar-refractivity contribution is 7.91. The van der Waals surface area contributed by atoms with Crippen LogP contribution in [0.2, 0.25) is 0 Å². The second kappa shape index (κ2) is 12.8. The molecule has 6 rings (SSSR count). The lowest BCUT2D eigenvalue weighted by atomic mass is 9.90. The number of hydrogen-bond acceptors (Lipinski definition) is 8. The number of fused-ring (bicyclic) bond motifs is 3. The number of aliphatic imine (C=N–C) groups is 1. The summed E-state index contributed by atoms with van der Waals surface area (Å²) < 4.78 is 38.5. The topological polar surface area (TPSA) is 126 Å². The number of carbonyl (C=O) groups is 1. The van der Waals surface area contributed by atoms with E-state index in [9.17, 15) is 13.2 Å². The third-order valence-electron chi connectivity index (χ3n) is 8.35. The molecule has 0 aromatic heterocycles. The maximum atomic E-state index is 14.2. The monoisotopic (exact) mass is 625 g/mol. The standard InChI is InChI=1S/C35H35N3O6S/c1-24-35(20-23-45(41,42)27-10-3-2-4-11-27,36-33(44-24)25-16-18-26(19-17-25)43-22-9-21-39)34(40)38-37-32-30-14-7-5-12-28(30)29-13-6-8-15-31(29)32/h2-8,10-19,24,32,37,39H,9,20-23H2,1H3,(H,38,40)/t24-,35-/m0/s1. The molecule has 2 atom stereocenters. The largest absolute Gasteiger partial charge is 0.494 e. The van der Waals surface area contributed by atoms with Crippen LogP contribution in [0, 0.1) is 0 Å². The number of hydrogen-bond donors (Lipinski definition) is 3. The van der Waals surface area contributed by atoms with Gasteiger partial charge in [-0.1, -0.05) is 66.7 Å². The Hall–Kier alpha value is -4.51. The number of nitrogens with zero attached hydrogens (tertiary/aromatic N) is 1. The van der Waals surface area contributed by atoms with Gasteiger partial charge in [-0.25, -0.2) is 18.8 Å². The van der Waals surface area contributed by atoms with Gasteiger partial charge in [0.2, 0.25) is 5.90 Å². The van der Waals surface area contributed by atoms with E-state index in [1.807, 2.05) is 36.4 Å². The molecule has 4 aromatic carbocycles. The smallest absolute Gasteiger partial charge is 0.266 e. The lowest BCUT2D eigenvalue weighted by Crippen LogP contribution is -2.55. The van der Waals surface area contributed by atoms with Crippen molar-refractivity contribution >= 4 is 21.6 Å². The highest BCUT2D eigenvalue weighted by atomic mass is 32.2. The van der Waals surface area contributed by atoms with Gasteiger partial charge in [0, 0.05) is 18.6 Å². The van der Waals surface area contributed by atoms with E-state index < -0.39 is 27.4 Å². The molecule has 4 aromatic rings. The first-order valence-corrected chi connectivity index (χ1v) is 16.6. The molecule has 232 valence electrons. The zero-order valence-electron chi connectivity index (χ0n) is 24.8. The Bertz CT molecular complexity index is 1770. The van der Waals surface area contributed by atoms with E-state index in [1.54, 1.807) is 61.5 Å². The van der Waals surface area contributed by atoms with Crippen molar-refractivity contribution in [2.45, 2.75) is 42.3 Å². The van der Waals surface area contributed by atoms with Gasteiger partial charge in [-0.15, -0.1) is 0 Å². The molecule has 2 aliphatic rings. The first-order valence-electron chi connectivity index (χ1n) is 14.9. The first kappa shape index (κ1) is 30.5. The Morgan fingerprint density at radius 3 is 2.18 bits per heavy atom. The second-order valence-corrected chi connectivity index (χ2v) is 13.2. The van der Waals surface area contributed by atoms with E-state index >= 15 is 0 Å². The van der Waals surface area contributed by atoms with Gasteiger partial charge >= 0.3 is 0 Å². The third-order valence-corrected chi connectivity index (χ3v) is 10.1. The summed E-state index contributed by atoms with van der Waals surface area (Å²) in [6, 6.07) is 31.0. The van der Waals surface area contributed by atoms with Crippen LogP contribution in [0.1, 0.15) is 42.5 Å². The molecular formula is C35H35N3O6S. The fraction of sp³-hybridized carbons (Fsp3) is 0.257. The zero-order valence-corrected chi connectivity index (χ0v) is 25.7. The van der Waals surface area contributed by atoms with Crippen LogP contribution >= 0.6 is 0 Å². The van der Waals surface area contributed by atoms with E-state index in [0.29, 0.717) is 24.3 Å². The van der Waals surface area contributed by atoms with Gasteiger partial charge < -0.3 is 14.6 Å². The Labute approximate surface area is 262 Å². The minimum Gasteiger partial charge on any atom is -0.494 e. The van der Waals surface area contributed by atoms with E-state index in [0.717, 1.165) is 22.3 Å². The number of nitrogens with one attached hydrogen (secondary N) is 2. The molecule has 1 heterocycles. The van der Waals surface area contributed by atoms with Gasteiger partial charge in [-0.3, -0.25) is 10.2 Å². The van der Waals surface area contributed by atoms with E-state index in [2.05, 4.69) is 23.0 Å². The van der Waals surface area contributed by atoms with Crippen LogP contribution in [0.3, 0.4) is 0 Å². The molecule has 45 heavy (non-hydrogen) atoms. The van der Waals surface area contributed by atoms with Crippen LogP contribution < -0.4 is 15.6 Å². The molecule has 3 N–H and O–H groups in total. The summed E-state index contributed by atoms with van der Waals surface area (Å²) in [6.45, 7) is 2.16. The number of aliphatic hydroxyl groups excluding tert-OH is 1. The zero-order chi connectivity index (χ0) is 31.4. The van der Waals surface area contributed by atoms with Crippen LogP contribution in [0.4, 0.5) is 0 Å². The fourth-order valence-electron chi connectivity index (χ4n) is 5.85. The lowest BCUT2D eigenvalue weighted by Gasteiger charge is -2.29. The number of aliphatic hydroxyl groups is 1. The van der Waals surface area contributed by atoms with Crippen molar-refractivity contribution in [3.63, 3.8) is 0 Å². The molecule has 0 saturated carbocycles. The average Bonchev–Trinajstić information content (AvgIpc) is 3.58. The van der Waals surface area contributed by atoms with Crippen LogP contribution in [0.25, 0.3) is 11.1 Å². The normalized spacial score (nSPS) is 18.9. The molecule has 9 nitrogen and oxygen atoms in total. The van der Waals surface area contributed by atoms with Gasteiger partial charge in [0.1, 0.15) is 11.9 Å². The van der Waals surface area contributed by atoms with E-state index in [1.165, 1.54) is 0 Å². The van der Waals surface area contributed by atoms with Crippen LogP contribution in [0.5, 0.6) is 5.75 Å². The Kier molecular flexibility index (Phi) is 8.71. The van der Waals surface area contributed by atoms with Crippen molar-refractivity contribution < 1.29 is 27.8 Å². The molecule has 1 aliphatic heterocycles. The van der Waals surface area contributed by atoms with Crippen molar-refractivity contribution in [3.8, 4) is 16.9 Å². The van der Waals surface area contributed by atoms with Gasteiger partial charge in [0.25, 0.3) is 5.91 Å². The number of rotatable bonds is 12. The highest BCUT2D eigenvalue weighted by Crippen LogP contribution is 2.43. The highest BCUT2D eigenvalue weighted by Gasteiger charge is 2.51. The molecule has 0 spiro atoms. The summed E-state index contributed by atoms with van der Waals surface area (Å²) in [4.78, 5) is 19.2. The number of ether oxygens (including phenoxy) is 2. The van der Waals surface area contributed by atoms with Gasteiger partial charge in [-0.2, -0.15) is 0 Å². The second-order valence-electron chi connectivity index (χ2n) is 11.1. The molecule has 0 unspecified atom stereocenters. The van der Waals surface area contributed by atoms with Gasteiger partial charge in [0.15, 0.2) is 15.4 Å². The summed E-state index contributed by atoms with van der Waals surface area (Å²) in [5.41, 5.74) is 9.45. The summed E-state index contributed by atoms with van der Waals surface area (Å²) in [6.07, 6.45) is -0.336. The Morgan fingerprint density at radius 2 is 1.53 bits per heavy atom. The number of hydrazine groups is 1. The van der Waals surface area contributed by atoms with Gasteiger partial charge in [0.05, 0.1) is 23.3 Å². The van der Waals surface area contributed by atoms with Crippen molar-refractivity contribution in [2.75, 3.05) is 19.0 Å². The third kappa shape index (κ3) is 6.09. The first-order chi connectivity index (χ1) is 21.8. The maximum Gasteiger partial charge on any atom is 0.266 e. The SMILES string of the molecule is C[C@@H]1OC(c2ccc(OCCCO)cc2)=N[C@]1(CCS(=O)(=O)c1ccccc1)C(=O)NNC1c2ccccc2-c2ccccc21. The van der Waals surface area contributed by atoms with Crippen LogP contribution in [0.15, 0.2) is 113 Å². The molecule has 0 saturated heterocycles.